The number of benzene rings is 2. The summed E-state index contributed by atoms with van der Waals surface area (Å²) in [4.78, 5) is 17.3. The molecule has 0 radical (unpaired) electrons. The average Bonchev–Trinajstić information content (AvgIpc) is 2.74. The van der Waals surface area contributed by atoms with Crippen molar-refractivity contribution in [2.45, 2.75) is 44.4 Å². The molecule has 3 nitrogen and oxygen atoms in total. The molecule has 1 N–H and O–H groups in total. The van der Waals surface area contributed by atoms with Crippen molar-refractivity contribution in [1.82, 2.24) is 4.98 Å². The Hall–Kier alpha value is -2.02. The van der Waals surface area contributed by atoms with Crippen molar-refractivity contribution in [3.8, 4) is 0 Å². The van der Waals surface area contributed by atoms with E-state index in [9.17, 15) is 9.18 Å². The van der Waals surface area contributed by atoms with Crippen molar-refractivity contribution in [2.75, 3.05) is 5.32 Å². The van der Waals surface area contributed by atoms with Gasteiger partial charge in [0.15, 0.2) is 0 Å². The molecule has 2 fully saturated rings. The van der Waals surface area contributed by atoms with Gasteiger partial charge in [-0.3, -0.25) is 9.78 Å². The first-order valence-corrected chi connectivity index (χ1v) is 11.7. The number of hydrogen-bond acceptors (Lipinski definition) is 2. The molecular formula is C25H24FIN2O. The Labute approximate surface area is 189 Å². The molecule has 1 atom stereocenters. The Kier molecular flexibility index (Phi) is 5.25. The fourth-order valence-corrected chi connectivity index (χ4v) is 5.83. The third-order valence-electron chi connectivity index (χ3n) is 7.26. The van der Waals surface area contributed by atoms with Crippen molar-refractivity contribution >= 4 is 45.1 Å². The van der Waals surface area contributed by atoms with Crippen LogP contribution in [-0.2, 0) is 4.79 Å². The van der Waals surface area contributed by atoms with Gasteiger partial charge in [0.05, 0.1) is 5.52 Å². The van der Waals surface area contributed by atoms with Crippen LogP contribution in [0.15, 0.2) is 54.7 Å². The van der Waals surface area contributed by atoms with Gasteiger partial charge in [-0.2, -0.15) is 0 Å². The third-order valence-corrected chi connectivity index (χ3v) is 7.98. The minimum Gasteiger partial charge on any atom is -0.326 e. The zero-order valence-corrected chi connectivity index (χ0v) is 18.9. The van der Waals surface area contributed by atoms with Gasteiger partial charge in [-0.05, 0) is 127 Å². The first-order chi connectivity index (χ1) is 14.5. The normalized spacial score (nSPS) is 25.8. The largest absolute Gasteiger partial charge is 0.326 e. The number of amides is 1. The molecule has 0 unspecified atom stereocenters. The minimum absolute atomic E-state index is 0.101. The highest BCUT2D eigenvalue weighted by atomic mass is 127. The summed E-state index contributed by atoms with van der Waals surface area (Å²) < 4.78 is 15.0. The Morgan fingerprint density at radius 1 is 1.03 bits per heavy atom. The van der Waals surface area contributed by atoms with Crippen molar-refractivity contribution in [1.29, 1.82) is 0 Å². The smallest absolute Gasteiger partial charge is 0.228 e. The zero-order valence-electron chi connectivity index (χ0n) is 16.7. The second kappa shape index (κ2) is 7.91. The van der Waals surface area contributed by atoms with E-state index in [-0.39, 0.29) is 23.1 Å². The predicted octanol–water partition coefficient (Wildman–Crippen LogP) is 6.67. The number of aromatic nitrogens is 1. The molecule has 1 amide bonds. The lowest BCUT2D eigenvalue weighted by Gasteiger charge is -2.52. The molecule has 1 heterocycles. The lowest BCUT2D eigenvalue weighted by atomic mass is 9.52. The van der Waals surface area contributed by atoms with E-state index in [2.05, 4.69) is 32.9 Å². The fraction of sp³-hybridized carbons (Fsp3) is 0.360. The summed E-state index contributed by atoms with van der Waals surface area (Å²) in [6.07, 6.45) is 8.15. The summed E-state index contributed by atoms with van der Waals surface area (Å²) in [5.41, 5.74) is 3.07. The second-order valence-corrected chi connectivity index (χ2v) is 10.0. The molecular weight excluding hydrogens is 490 g/mol. The average molecular weight is 514 g/mol. The number of carbonyl (C=O) groups excluding carboxylic acids is 1. The summed E-state index contributed by atoms with van der Waals surface area (Å²) in [5, 5.41) is 4.05. The van der Waals surface area contributed by atoms with Crippen LogP contribution in [0.4, 0.5) is 10.1 Å². The van der Waals surface area contributed by atoms with E-state index >= 15 is 0 Å². The maximum atomic E-state index is 13.8. The third kappa shape index (κ3) is 3.61. The molecule has 2 aliphatic carbocycles. The number of pyridine rings is 1. The molecule has 2 saturated carbocycles. The van der Waals surface area contributed by atoms with Gasteiger partial charge >= 0.3 is 0 Å². The molecule has 1 aromatic heterocycles. The SMILES string of the molecule is O=C(Nc1ccc(I)cc1)[C@H]1CCC12CCC(c1ccnc3ccc(F)cc13)CC2. The molecule has 5 rings (SSSR count). The van der Waals surface area contributed by atoms with Gasteiger partial charge in [-0.1, -0.05) is 0 Å². The van der Waals surface area contributed by atoms with Crippen molar-refractivity contribution < 1.29 is 9.18 Å². The van der Waals surface area contributed by atoms with Crippen LogP contribution in [0.25, 0.3) is 10.9 Å². The van der Waals surface area contributed by atoms with Crippen LogP contribution in [-0.4, -0.2) is 10.9 Å². The highest BCUT2D eigenvalue weighted by Crippen LogP contribution is 2.58. The lowest BCUT2D eigenvalue weighted by molar-refractivity contribution is -0.133. The Morgan fingerprint density at radius 3 is 2.47 bits per heavy atom. The van der Waals surface area contributed by atoms with Crippen LogP contribution in [0.1, 0.15) is 50.0 Å². The van der Waals surface area contributed by atoms with E-state index in [4.69, 9.17) is 0 Å². The van der Waals surface area contributed by atoms with Gasteiger partial charge in [0.25, 0.3) is 0 Å². The van der Waals surface area contributed by atoms with Gasteiger partial charge in [0, 0.05) is 26.8 Å². The molecule has 2 aliphatic rings. The fourth-order valence-electron chi connectivity index (χ4n) is 5.47. The highest BCUT2D eigenvalue weighted by Gasteiger charge is 2.51. The molecule has 0 bridgehead atoms. The Bertz CT molecular complexity index is 1090. The second-order valence-electron chi connectivity index (χ2n) is 8.79. The number of rotatable bonds is 3. The van der Waals surface area contributed by atoms with Crippen LogP contribution in [0, 0.1) is 20.7 Å². The molecule has 0 aliphatic heterocycles. The van der Waals surface area contributed by atoms with Gasteiger partial charge in [0.2, 0.25) is 5.91 Å². The van der Waals surface area contributed by atoms with E-state index in [1.165, 1.54) is 11.6 Å². The molecule has 1 spiro atoms. The van der Waals surface area contributed by atoms with Crippen LogP contribution >= 0.6 is 22.6 Å². The summed E-state index contributed by atoms with van der Waals surface area (Å²) >= 11 is 2.27. The summed E-state index contributed by atoms with van der Waals surface area (Å²) in [7, 11) is 0. The van der Waals surface area contributed by atoms with Crippen LogP contribution in [0.2, 0.25) is 0 Å². The number of nitrogens with zero attached hydrogens (tertiary/aromatic N) is 1. The van der Waals surface area contributed by atoms with E-state index in [1.54, 1.807) is 12.1 Å². The maximum Gasteiger partial charge on any atom is 0.228 e. The number of halogens is 2. The first-order valence-electron chi connectivity index (χ1n) is 10.6. The van der Waals surface area contributed by atoms with E-state index in [0.717, 1.165) is 58.7 Å². The van der Waals surface area contributed by atoms with Crippen LogP contribution in [0.3, 0.4) is 0 Å². The van der Waals surface area contributed by atoms with Crippen molar-refractivity contribution in [3.63, 3.8) is 0 Å². The monoisotopic (exact) mass is 514 g/mol. The zero-order chi connectivity index (χ0) is 20.7. The summed E-state index contributed by atoms with van der Waals surface area (Å²) in [6.45, 7) is 0. The summed E-state index contributed by atoms with van der Waals surface area (Å²) in [5.74, 6) is 0.459. The van der Waals surface area contributed by atoms with E-state index in [0.29, 0.717) is 5.92 Å². The summed E-state index contributed by atoms with van der Waals surface area (Å²) in [6, 6.07) is 14.9. The molecule has 0 saturated heterocycles. The number of hydrogen-bond donors (Lipinski definition) is 1. The van der Waals surface area contributed by atoms with Gasteiger partial charge in [-0.25, -0.2) is 4.39 Å². The van der Waals surface area contributed by atoms with Crippen molar-refractivity contribution in [3.05, 3.63) is 69.7 Å². The van der Waals surface area contributed by atoms with E-state index < -0.39 is 0 Å². The van der Waals surface area contributed by atoms with Crippen LogP contribution in [0.5, 0.6) is 0 Å². The molecule has 5 heteroatoms. The van der Waals surface area contributed by atoms with Crippen molar-refractivity contribution in [2.24, 2.45) is 11.3 Å². The number of fused-ring (bicyclic) bond motifs is 1. The lowest BCUT2D eigenvalue weighted by Crippen LogP contribution is -2.48. The van der Waals surface area contributed by atoms with Gasteiger partial charge in [0.1, 0.15) is 5.82 Å². The van der Waals surface area contributed by atoms with Crippen LogP contribution < -0.4 is 5.32 Å². The number of anilines is 1. The topological polar surface area (TPSA) is 42.0 Å². The molecule has 30 heavy (non-hydrogen) atoms. The molecule has 154 valence electrons. The Balaban J connectivity index is 1.29. The maximum absolute atomic E-state index is 13.8. The van der Waals surface area contributed by atoms with E-state index in [1.807, 2.05) is 36.5 Å². The van der Waals surface area contributed by atoms with Gasteiger partial charge < -0.3 is 5.32 Å². The quantitative estimate of drug-likeness (QED) is 0.397. The standard InChI is InChI=1S/C25H24FIN2O/c26-17-1-6-23-21(15-17)20(10-14-28-23)16-7-11-25(12-8-16)13-9-22(25)24(30)29-19-4-2-18(27)3-5-19/h1-6,10,14-16,22H,7-9,11-13H2,(H,29,30)/t16?,22-,25?/m1/s1. The minimum atomic E-state index is -0.213. The number of nitrogens with one attached hydrogen (secondary N) is 1. The highest BCUT2D eigenvalue weighted by molar-refractivity contribution is 14.1. The first kappa shape index (κ1) is 19.9. The Morgan fingerprint density at radius 2 is 1.77 bits per heavy atom. The predicted molar refractivity (Wildman–Crippen MR) is 126 cm³/mol. The molecule has 2 aromatic carbocycles. The van der Waals surface area contributed by atoms with Gasteiger partial charge in [-0.15, -0.1) is 0 Å². The molecule has 3 aromatic rings. The number of carbonyl (C=O) groups is 1.